The number of ether oxygens (including phenoxy) is 1. The molecule has 3 aromatic rings. The van der Waals surface area contributed by atoms with E-state index >= 15 is 0 Å². The summed E-state index contributed by atoms with van der Waals surface area (Å²) in [4.78, 5) is 30.9. The second-order valence-corrected chi connectivity index (χ2v) is 7.71. The molecule has 0 unspecified atom stereocenters. The summed E-state index contributed by atoms with van der Waals surface area (Å²) < 4.78 is 7.11. The summed E-state index contributed by atoms with van der Waals surface area (Å²) in [6.07, 6.45) is 1.21. The Morgan fingerprint density at radius 2 is 2.04 bits per heavy atom. The number of hydrogen-bond acceptors (Lipinski definition) is 5. The lowest BCUT2D eigenvalue weighted by atomic mass is 10.1. The molecule has 0 radical (unpaired) electrons. The molecule has 142 valence electrons. The van der Waals surface area contributed by atoms with Crippen LogP contribution in [0.25, 0.3) is 10.2 Å². The molecule has 2 aromatic heterocycles. The Labute approximate surface area is 161 Å². The van der Waals surface area contributed by atoms with Crippen molar-refractivity contribution in [2.24, 2.45) is 5.73 Å². The highest BCUT2D eigenvalue weighted by Gasteiger charge is 2.17. The number of methoxy groups -OCH3 is 1. The molecule has 3 rings (SSSR count). The summed E-state index contributed by atoms with van der Waals surface area (Å²) in [5, 5.41) is 0.667. The minimum atomic E-state index is -0.370. The van der Waals surface area contributed by atoms with Gasteiger partial charge in [-0.1, -0.05) is 18.2 Å². The fourth-order valence-electron chi connectivity index (χ4n) is 3.17. The lowest BCUT2D eigenvalue weighted by Gasteiger charge is -2.14. The van der Waals surface area contributed by atoms with Crippen LogP contribution in [0.5, 0.6) is 5.75 Å². The van der Waals surface area contributed by atoms with E-state index in [0.717, 1.165) is 26.6 Å². The first-order chi connectivity index (χ1) is 12.9. The van der Waals surface area contributed by atoms with E-state index in [-0.39, 0.29) is 17.9 Å². The quantitative estimate of drug-likeness (QED) is 0.677. The molecule has 7 heteroatoms. The van der Waals surface area contributed by atoms with Crippen molar-refractivity contribution in [3.05, 3.63) is 56.4 Å². The largest absolute Gasteiger partial charge is 0.496 e. The van der Waals surface area contributed by atoms with Gasteiger partial charge in [0.05, 0.1) is 12.5 Å². The minimum Gasteiger partial charge on any atom is -0.496 e. The van der Waals surface area contributed by atoms with Crippen LogP contribution in [0.15, 0.2) is 29.1 Å². The van der Waals surface area contributed by atoms with Crippen LogP contribution < -0.4 is 16.0 Å². The molecule has 0 bridgehead atoms. The molecule has 0 atom stereocenters. The first-order valence-corrected chi connectivity index (χ1v) is 9.63. The second-order valence-electron chi connectivity index (χ2n) is 6.51. The zero-order valence-electron chi connectivity index (χ0n) is 15.7. The standard InChI is InChI=1S/C20H23N3O3S/c1-12-13(2)27-19-18(12)20(25)23(10-6-9-16(21)24)17(22-19)11-14-7-4-5-8-15(14)26-3/h4-5,7-8H,6,9-11H2,1-3H3,(H2,21,24). The van der Waals surface area contributed by atoms with Crippen LogP contribution in [0.3, 0.4) is 0 Å². The Kier molecular flexibility index (Phi) is 5.60. The van der Waals surface area contributed by atoms with E-state index in [2.05, 4.69) is 0 Å². The smallest absolute Gasteiger partial charge is 0.262 e. The molecule has 0 saturated heterocycles. The average Bonchev–Trinajstić information content (AvgIpc) is 2.92. The average molecular weight is 385 g/mol. The molecule has 1 aromatic carbocycles. The van der Waals surface area contributed by atoms with Crippen LogP contribution in [0, 0.1) is 13.8 Å². The number of nitrogens with two attached hydrogens (primary N) is 1. The Balaban J connectivity index is 2.11. The third kappa shape index (κ3) is 3.88. The van der Waals surface area contributed by atoms with Gasteiger partial charge in [-0.25, -0.2) is 4.98 Å². The summed E-state index contributed by atoms with van der Waals surface area (Å²) in [5.41, 5.74) is 7.13. The molecule has 0 aliphatic heterocycles. The highest BCUT2D eigenvalue weighted by atomic mass is 32.1. The number of hydrogen-bond donors (Lipinski definition) is 1. The highest BCUT2D eigenvalue weighted by molar-refractivity contribution is 7.18. The molecule has 0 spiro atoms. The maximum Gasteiger partial charge on any atom is 0.262 e. The van der Waals surface area contributed by atoms with Crippen LogP contribution in [0.4, 0.5) is 0 Å². The summed E-state index contributed by atoms with van der Waals surface area (Å²) in [6, 6.07) is 7.70. The molecule has 27 heavy (non-hydrogen) atoms. The van der Waals surface area contributed by atoms with E-state index in [1.54, 1.807) is 11.7 Å². The summed E-state index contributed by atoms with van der Waals surface area (Å²) in [6.45, 7) is 4.35. The van der Waals surface area contributed by atoms with Crippen molar-refractivity contribution in [3.63, 3.8) is 0 Å². The molecule has 2 heterocycles. The van der Waals surface area contributed by atoms with Crippen LogP contribution in [-0.2, 0) is 17.8 Å². The van der Waals surface area contributed by atoms with Crippen molar-refractivity contribution in [2.45, 2.75) is 39.7 Å². The van der Waals surface area contributed by atoms with Gasteiger partial charge in [0, 0.05) is 29.8 Å². The number of nitrogens with zero attached hydrogens (tertiary/aromatic N) is 2. The van der Waals surface area contributed by atoms with Gasteiger partial charge in [0.1, 0.15) is 16.4 Å². The maximum atomic E-state index is 13.2. The number of rotatable bonds is 7. The number of fused-ring (bicyclic) bond motifs is 1. The van der Waals surface area contributed by atoms with Gasteiger partial charge in [0.15, 0.2) is 0 Å². The number of aryl methyl sites for hydroxylation is 2. The fourth-order valence-corrected chi connectivity index (χ4v) is 4.20. The number of carbonyl (C=O) groups is 1. The predicted molar refractivity (Wildman–Crippen MR) is 108 cm³/mol. The van der Waals surface area contributed by atoms with Gasteiger partial charge in [-0.2, -0.15) is 0 Å². The predicted octanol–water partition coefficient (Wildman–Crippen LogP) is 2.94. The van der Waals surface area contributed by atoms with Crippen molar-refractivity contribution >= 4 is 27.5 Å². The van der Waals surface area contributed by atoms with Gasteiger partial charge in [0.25, 0.3) is 5.56 Å². The van der Waals surface area contributed by atoms with Crippen molar-refractivity contribution in [3.8, 4) is 5.75 Å². The van der Waals surface area contributed by atoms with E-state index in [0.29, 0.717) is 30.6 Å². The number of aromatic nitrogens is 2. The molecule has 1 amide bonds. The van der Waals surface area contributed by atoms with Gasteiger partial charge in [-0.3, -0.25) is 14.2 Å². The van der Waals surface area contributed by atoms with E-state index in [9.17, 15) is 9.59 Å². The Morgan fingerprint density at radius 3 is 2.74 bits per heavy atom. The zero-order chi connectivity index (χ0) is 19.6. The molecular formula is C20H23N3O3S. The van der Waals surface area contributed by atoms with Crippen molar-refractivity contribution in [1.82, 2.24) is 9.55 Å². The van der Waals surface area contributed by atoms with Gasteiger partial charge in [0.2, 0.25) is 5.91 Å². The SMILES string of the molecule is COc1ccccc1Cc1nc2sc(C)c(C)c2c(=O)n1CCCC(N)=O. The normalized spacial score (nSPS) is 11.1. The third-order valence-electron chi connectivity index (χ3n) is 4.71. The molecule has 0 fully saturated rings. The molecule has 0 saturated carbocycles. The van der Waals surface area contributed by atoms with Crippen LogP contribution >= 0.6 is 11.3 Å². The Hall–Kier alpha value is -2.67. The van der Waals surface area contributed by atoms with E-state index in [4.69, 9.17) is 15.5 Å². The van der Waals surface area contributed by atoms with Gasteiger partial charge >= 0.3 is 0 Å². The Morgan fingerprint density at radius 1 is 1.30 bits per heavy atom. The maximum absolute atomic E-state index is 13.2. The molecule has 2 N–H and O–H groups in total. The van der Waals surface area contributed by atoms with Gasteiger partial charge in [-0.15, -0.1) is 11.3 Å². The number of benzene rings is 1. The first kappa shape index (κ1) is 19.1. The second kappa shape index (κ2) is 7.92. The summed E-state index contributed by atoms with van der Waals surface area (Å²) in [7, 11) is 1.63. The lowest BCUT2D eigenvalue weighted by molar-refractivity contribution is -0.118. The number of amides is 1. The number of thiophene rings is 1. The zero-order valence-corrected chi connectivity index (χ0v) is 16.6. The van der Waals surface area contributed by atoms with Crippen LogP contribution in [0.2, 0.25) is 0 Å². The summed E-state index contributed by atoms with van der Waals surface area (Å²) in [5.74, 6) is 1.06. The topological polar surface area (TPSA) is 87.2 Å². The number of para-hydroxylation sites is 1. The van der Waals surface area contributed by atoms with Gasteiger partial charge in [-0.05, 0) is 31.9 Å². The third-order valence-corrected chi connectivity index (χ3v) is 5.82. The highest BCUT2D eigenvalue weighted by Crippen LogP contribution is 2.27. The van der Waals surface area contributed by atoms with E-state index in [1.807, 2.05) is 38.1 Å². The minimum absolute atomic E-state index is 0.0591. The van der Waals surface area contributed by atoms with Crippen molar-refractivity contribution < 1.29 is 9.53 Å². The molecular weight excluding hydrogens is 362 g/mol. The number of primary amides is 1. The monoisotopic (exact) mass is 385 g/mol. The fraction of sp³-hybridized carbons (Fsp3) is 0.350. The Bertz CT molecular complexity index is 1050. The van der Waals surface area contributed by atoms with E-state index < -0.39 is 0 Å². The molecule has 0 aliphatic rings. The lowest BCUT2D eigenvalue weighted by Crippen LogP contribution is -2.26. The van der Waals surface area contributed by atoms with Crippen molar-refractivity contribution in [1.29, 1.82) is 0 Å². The van der Waals surface area contributed by atoms with Crippen LogP contribution in [0.1, 0.15) is 34.7 Å². The van der Waals surface area contributed by atoms with E-state index in [1.165, 1.54) is 11.3 Å². The van der Waals surface area contributed by atoms with Gasteiger partial charge < -0.3 is 10.5 Å². The van der Waals surface area contributed by atoms with Crippen LogP contribution in [-0.4, -0.2) is 22.6 Å². The summed E-state index contributed by atoms with van der Waals surface area (Å²) >= 11 is 1.54. The van der Waals surface area contributed by atoms with Crippen molar-refractivity contribution in [2.75, 3.05) is 7.11 Å². The molecule has 0 aliphatic carbocycles. The number of carbonyl (C=O) groups excluding carboxylic acids is 1. The molecule has 6 nitrogen and oxygen atoms in total. The first-order valence-electron chi connectivity index (χ1n) is 8.82.